The number of benzene rings is 2. The van der Waals surface area contributed by atoms with E-state index in [-0.39, 0.29) is 27.4 Å². The van der Waals surface area contributed by atoms with Crippen LogP contribution in [0.1, 0.15) is 20.8 Å². The Labute approximate surface area is 166 Å². The lowest BCUT2D eigenvalue weighted by molar-refractivity contribution is 0.243. The lowest BCUT2D eigenvalue weighted by atomic mass is 10.0. The summed E-state index contributed by atoms with van der Waals surface area (Å²) in [4.78, 5) is 20.8. The van der Waals surface area contributed by atoms with Crippen molar-refractivity contribution in [3.63, 3.8) is 0 Å². The molecule has 1 aromatic heterocycles. The largest absolute Gasteiger partial charge is 0.505 e. The van der Waals surface area contributed by atoms with Gasteiger partial charge in [0.15, 0.2) is 11.6 Å². The number of nitrogens with one attached hydrogen (secondary N) is 2. The molecule has 3 N–H and O–H groups in total. The van der Waals surface area contributed by atoms with Crippen LogP contribution in [0, 0.1) is 0 Å². The van der Waals surface area contributed by atoms with E-state index in [1.807, 2.05) is 39.0 Å². The molecule has 2 aromatic carbocycles. The summed E-state index contributed by atoms with van der Waals surface area (Å²) in [5, 5.41) is 15.5. The van der Waals surface area contributed by atoms with Gasteiger partial charge in [-0.25, -0.2) is 9.78 Å². The Balaban J connectivity index is 1.94. The van der Waals surface area contributed by atoms with Crippen LogP contribution >= 0.6 is 23.2 Å². The number of carbonyl (C=O) groups is 1. The number of hydrogen-bond donors (Lipinski definition) is 3. The summed E-state index contributed by atoms with van der Waals surface area (Å²) in [5.74, 6) is 0.183. The predicted octanol–water partition coefficient (Wildman–Crippen LogP) is 5.23. The average molecular weight is 405 g/mol. The van der Waals surface area contributed by atoms with Crippen molar-refractivity contribution in [2.75, 3.05) is 5.32 Å². The van der Waals surface area contributed by atoms with Crippen LogP contribution < -0.4 is 10.6 Å². The van der Waals surface area contributed by atoms with Crippen LogP contribution in [0.2, 0.25) is 10.0 Å². The van der Waals surface area contributed by atoms with Gasteiger partial charge < -0.3 is 10.4 Å². The fraction of sp³-hybridized carbons (Fsp3) is 0.211. The first-order valence-electron chi connectivity index (χ1n) is 8.17. The second kappa shape index (κ2) is 7.21. The number of aromatic hydroxyl groups is 1. The van der Waals surface area contributed by atoms with E-state index in [2.05, 4.69) is 20.6 Å². The molecule has 0 radical (unpaired) electrons. The minimum Gasteiger partial charge on any atom is -0.505 e. The molecule has 8 heteroatoms. The standard InChI is InChI=1S/C19H18Cl2N4O2/c1-19(2,3)25-18(27)24-16-9-22-14-5-4-10(8-15(14)23-16)11-6-12(20)17(26)13(21)7-11/h4-9,26H,1-3H3,(H2,23,24,25,27). The highest BCUT2D eigenvalue weighted by Crippen LogP contribution is 2.36. The number of phenolic OH excluding ortho intramolecular Hbond substituents is 1. The predicted molar refractivity (Wildman–Crippen MR) is 109 cm³/mol. The number of carbonyl (C=O) groups excluding carboxylic acids is 1. The van der Waals surface area contributed by atoms with Gasteiger partial charge in [-0.3, -0.25) is 10.3 Å². The smallest absolute Gasteiger partial charge is 0.320 e. The van der Waals surface area contributed by atoms with Gasteiger partial charge in [0.25, 0.3) is 0 Å². The Bertz CT molecular complexity index is 1010. The molecule has 140 valence electrons. The summed E-state index contributed by atoms with van der Waals surface area (Å²) in [6.07, 6.45) is 1.50. The molecule has 6 nitrogen and oxygen atoms in total. The number of halogens is 2. The molecule has 0 aliphatic heterocycles. The molecule has 2 amide bonds. The summed E-state index contributed by atoms with van der Waals surface area (Å²) in [6.45, 7) is 5.66. The molecule has 0 fully saturated rings. The number of urea groups is 1. The van der Waals surface area contributed by atoms with Gasteiger partial charge in [-0.05, 0) is 56.2 Å². The second-order valence-electron chi connectivity index (χ2n) is 7.08. The zero-order valence-electron chi connectivity index (χ0n) is 15.0. The highest BCUT2D eigenvalue weighted by molar-refractivity contribution is 6.37. The van der Waals surface area contributed by atoms with Gasteiger partial charge in [-0.1, -0.05) is 29.3 Å². The molecule has 0 saturated carbocycles. The molecule has 0 atom stereocenters. The van der Waals surface area contributed by atoms with E-state index in [4.69, 9.17) is 23.2 Å². The molecule has 0 saturated heterocycles. The van der Waals surface area contributed by atoms with Gasteiger partial charge in [0, 0.05) is 5.54 Å². The van der Waals surface area contributed by atoms with E-state index in [1.165, 1.54) is 6.20 Å². The van der Waals surface area contributed by atoms with Crippen LogP contribution in [-0.4, -0.2) is 26.6 Å². The van der Waals surface area contributed by atoms with Crippen molar-refractivity contribution in [2.24, 2.45) is 0 Å². The number of phenols is 1. The van der Waals surface area contributed by atoms with Crippen LogP contribution in [0.5, 0.6) is 5.75 Å². The Morgan fingerprint density at radius 1 is 1.04 bits per heavy atom. The lowest BCUT2D eigenvalue weighted by Gasteiger charge is -2.20. The Kier molecular flexibility index (Phi) is 5.13. The third-order valence-corrected chi connectivity index (χ3v) is 4.20. The quantitative estimate of drug-likeness (QED) is 0.545. The average Bonchev–Trinajstić information content (AvgIpc) is 2.56. The summed E-state index contributed by atoms with van der Waals surface area (Å²) in [7, 11) is 0. The Morgan fingerprint density at radius 2 is 1.70 bits per heavy atom. The first-order valence-corrected chi connectivity index (χ1v) is 8.92. The number of rotatable bonds is 2. The van der Waals surface area contributed by atoms with Crippen molar-refractivity contribution < 1.29 is 9.90 Å². The molecule has 0 unspecified atom stereocenters. The van der Waals surface area contributed by atoms with Crippen LogP contribution in [0.15, 0.2) is 36.5 Å². The number of aromatic nitrogens is 2. The molecular weight excluding hydrogens is 387 g/mol. The number of hydrogen-bond acceptors (Lipinski definition) is 4. The molecule has 0 aliphatic rings. The Morgan fingerprint density at radius 3 is 2.33 bits per heavy atom. The molecule has 1 heterocycles. The zero-order chi connectivity index (χ0) is 19.8. The highest BCUT2D eigenvalue weighted by Gasteiger charge is 2.14. The van der Waals surface area contributed by atoms with E-state index >= 15 is 0 Å². The topological polar surface area (TPSA) is 87.1 Å². The monoisotopic (exact) mass is 404 g/mol. The zero-order valence-corrected chi connectivity index (χ0v) is 16.5. The normalized spacial score (nSPS) is 11.4. The van der Waals surface area contributed by atoms with Crippen molar-refractivity contribution in [3.05, 3.63) is 46.6 Å². The number of amides is 2. The van der Waals surface area contributed by atoms with Crippen LogP contribution in [-0.2, 0) is 0 Å². The van der Waals surface area contributed by atoms with Crippen molar-refractivity contribution in [1.82, 2.24) is 15.3 Å². The molecule has 3 aromatic rings. The molecule has 0 bridgehead atoms. The first kappa shape index (κ1) is 19.2. The van der Waals surface area contributed by atoms with Crippen LogP contribution in [0.25, 0.3) is 22.2 Å². The number of nitrogens with zero attached hydrogens (tertiary/aromatic N) is 2. The molecule has 0 aliphatic carbocycles. The molecular formula is C19H18Cl2N4O2. The molecule has 27 heavy (non-hydrogen) atoms. The third-order valence-electron chi connectivity index (χ3n) is 3.62. The Hall–Kier alpha value is -2.57. The minimum absolute atomic E-state index is 0.154. The summed E-state index contributed by atoms with van der Waals surface area (Å²) in [5.41, 5.74) is 2.45. The van der Waals surface area contributed by atoms with E-state index in [0.717, 1.165) is 11.1 Å². The maximum absolute atomic E-state index is 12.0. The molecule has 0 spiro atoms. The molecule has 3 rings (SSSR count). The van der Waals surface area contributed by atoms with Gasteiger partial charge in [0.2, 0.25) is 0 Å². The van der Waals surface area contributed by atoms with Crippen molar-refractivity contribution in [3.8, 4) is 16.9 Å². The highest BCUT2D eigenvalue weighted by atomic mass is 35.5. The van der Waals surface area contributed by atoms with Crippen molar-refractivity contribution in [1.29, 1.82) is 0 Å². The second-order valence-corrected chi connectivity index (χ2v) is 7.89. The van der Waals surface area contributed by atoms with Gasteiger partial charge in [-0.15, -0.1) is 0 Å². The SMILES string of the molecule is CC(C)(C)NC(=O)Nc1cnc2ccc(-c3cc(Cl)c(O)c(Cl)c3)cc2n1. The number of anilines is 1. The third kappa shape index (κ3) is 4.59. The van der Waals surface area contributed by atoms with E-state index in [1.54, 1.807) is 12.1 Å². The summed E-state index contributed by atoms with van der Waals surface area (Å²) in [6, 6.07) is 8.37. The maximum Gasteiger partial charge on any atom is 0.320 e. The van der Waals surface area contributed by atoms with Gasteiger partial charge in [0.05, 0.1) is 27.3 Å². The summed E-state index contributed by atoms with van der Waals surface area (Å²) >= 11 is 12.0. The van der Waals surface area contributed by atoms with E-state index in [9.17, 15) is 9.90 Å². The van der Waals surface area contributed by atoms with Crippen LogP contribution in [0.3, 0.4) is 0 Å². The maximum atomic E-state index is 12.0. The minimum atomic E-state index is -0.362. The van der Waals surface area contributed by atoms with E-state index < -0.39 is 0 Å². The van der Waals surface area contributed by atoms with Gasteiger partial charge in [0.1, 0.15) is 0 Å². The summed E-state index contributed by atoms with van der Waals surface area (Å²) < 4.78 is 0. The van der Waals surface area contributed by atoms with Gasteiger partial charge >= 0.3 is 6.03 Å². The fourth-order valence-corrected chi connectivity index (χ4v) is 2.96. The van der Waals surface area contributed by atoms with Crippen molar-refractivity contribution in [2.45, 2.75) is 26.3 Å². The lowest BCUT2D eigenvalue weighted by Crippen LogP contribution is -2.43. The number of fused-ring (bicyclic) bond motifs is 1. The van der Waals surface area contributed by atoms with Gasteiger partial charge in [-0.2, -0.15) is 0 Å². The van der Waals surface area contributed by atoms with Crippen LogP contribution in [0.4, 0.5) is 10.6 Å². The first-order chi connectivity index (χ1) is 12.6. The van der Waals surface area contributed by atoms with E-state index in [0.29, 0.717) is 16.9 Å². The fourth-order valence-electron chi connectivity index (χ4n) is 2.47. The van der Waals surface area contributed by atoms with Crippen molar-refractivity contribution >= 4 is 46.1 Å².